The van der Waals surface area contributed by atoms with Crippen molar-refractivity contribution < 1.29 is 19.1 Å². The summed E-state index contributed by atoms with van der Waals surface area (Å²) in [6, 6.07) is 23.7. The van der Waals surface area contributed by atoms with Crippen LogP contribution in [0.2, 0.25) is 5.02 Å². The van der Waals surface area contributed by atoms with Gasteiger partial charge in [-0.25, -0.2) is 0 Å². The van der Waals surface area contributed by atoms with Crippen LogP contribution in [0.3, 0.4) is 0 Å². The van der Waals surface area contributed by atoms with Gasteiger partial charge in [0.2, 0.25) is 5.91 Å². The van der Waals surface area contributed by atoms with Crippen LogP contribution in [-0.2, 0) is 22.6 Å². The lowest BCUT2D eigenvalue weighted by Crippen LogP contribution is -2.53. The SMILES string of the molecule is COc1ccccc1OCC(=O)N(Cc1ccc(Cl)cc1)[C@H](Cc1ccccc1)C(=O)NC1CCCC1. The molecule has 1 aliphatic carbocycles. The third-order valence-corrected chi connectivity index (χ3v) is 6.91. The van der Waals surface area contributed by atoms with Gasteiger partial charge in [0, 0.05) is 24.0 Å². The zero-order chi connectivity index (χ0) is 26.0. The van der Waals surface area contributed by atoms with Crippen LogP contribution in [0.25, 0.3) is 0 Å². The zero-order valence-electron chi connectivity index (χ0n) is 21.1. The fourth-order valence-corrected chi connectivity index (χ4v) is 4.79. The van der Waals surface area contributed by atoms with E-state index < -0.39 is 6.04 Å². The first kappa shape index (κ1) is 26.6. The Labute approximate surface area is 223 Å². The van der Waals surface area contributed by atoms with Gasteiger partial charge in [0.25, 0.3) is 5.91 Å². The van der Waals surface area contributed by atoms with Crippen molar-refractivity contribution in [3.05, 3.63) is 95.0 Å². The molecular weight excluding hydrogens is 488 g/mol. The van der Waals surface area contributed by atoms with Crippen LogP contribution in [-0.4, -0.2) is 42.5 Å². The first-order valence-corrected chi connectivity index (χ1v) is 13.1. The lowest BCUT2D eigenvalue weighted by molar-refractivity contribution is -0.143. The first-order chi connectivity index (χ1) is 18.0. The van der Waals surface area contributed by atoms with Crippen molar-refractivity contribution in [3.63, 3.8) is 0 Å². The molecule has 1 fully saturated rings. The van der Waals surface area contributed by atoms with Gasteiger partial charge in [0.05, 0.1) is 7.11 Å². The van der Waals surface area contributed by atoms with E-state index in [-0.39, 0.29) is 31.0 Å². The highest BCUT2D eigenvalue weighted by molar-refractivity contribution is 6.30. The van der Waals surface area contributed by atoms with Gasteiger partial charge in [-0.15, -0.1) is 0 Å². The molecule has 1 atom stereocenters. The molecule has 0 saturated heterocycles. The summed E-state index contributed by atoms with van der Waals surface area (Å²) in [7, 11) is 1.56. The highest BCUT2D eigenvalue weighted by atomic mass is 35.5. The molecule has 0 radical (unpaired) electrons. The maximum absolute atomic E-state index is 13.7. The van der Waals surface area contributed by atoms with Crippen LogP contribution in [0.4, 0.5) is 0 Å². The highest BCUT2D eigenvalue weighted by Crippen LogP contribution is 2.26. The maximum atomic E-state index is 13.7. The van der Waals surface area contributed by atoms with Crippen LogP contribution >= 0.6 is 11.6 Å². The Bertz CT molecular complexity index is 1160. The number of hydrogen-bond donors (Lipinski definition) is 1. The van der Waals surface area contributed by atoms with Crippen LogP contribution in [0, 0.1) is 0 Å². The Balaban J connectivity index is 1.61. The van der Waals surface area contributed by atoms with Crippen molar-refractivity contribution >= 4 is 23.4 Å². The van der Waals surface area contributed by atoms with Crippen LogP contribution in [0.1, 0.15) is 36.8 Å². The van der Waals surface area contributed by atoms with Gasteiger partial charge in [-0.2, -0.15) is 0 Å². The van der Waals surface area contributed by atoms with Gasteiger partial charge in [0.1, 0.15) is 6.04 Å². The van der Waals surface area contributed by atoms with Crippen LogP contribution in [0.5, 0.6) is 11.5 Å². The smallest absolute Gasteiger partial charge is 0.261 e. The average molecular weight is 521 g/mol. The number of benzene rings is 3. The minimum Gasteiger partial charge on any atom is -0.493 e. The number of para-hydroxylation sites is 2. The molecule has 0 spiro atoms. The molecule has 37 heavy (non-hydrogen) atoms. The third-order valence-electron chi connectivity index (χ3n) is 6.66. The Kier molecular flexibility index (Phi) is 9.44. The van der Waals surface area contributed by atoms with E-state index in [2.05, 4.69) is 5.32 Å². The minimum atomic E-state index is -0.701. The molecule has 3 aromatic carbocycles. The average Bonchev–Trinajstić information content (AvgIpc) is 3.44. The van der Waals surface area contributed by atoms with Gasteiger partial charge in [-0.05, 0) is 48.2 Å². The van der Waals surface area contributed by atoms with Crippen molar-refractivity contribution in [2.45, 2.75) is 50.7 Å². The fourth-order valence-electron chi connectivity index (χ4n) is 4.67. The molecule has 7 heteroatoms. The molecular formula is C30H33ClN2O4. The van der Waals surface area contributed by atoms with Crippen molar-refractivity contribution in [2.24, 2.45) is 0 Å². The molecule has 1 saturated carbocycles. The number of nitrogens with one attached hydrogen (secondary N) is 1. The van der Waals surface area contributed by atoms with Crippen molar-refractivity contribution in [1.82, 2.24) is 10.2 Å². The first-order valence-electron chi connectivity index (χ1n) is 12.7. The van der Waals surface area contributed by atoms with E-state index in [1.807, 2.05) is 54.6 Å². The number of ether oxygens (including phenoxy) is 2. The Morgan fingerprint density at radius 1 is 0.919 bits per heavy atom. The summed E-state index contributed by atoms with van der Waals surface area (Å²) in [5.41, 5.74) is 1.86. The standard InChI is InChI=1S/C30H33ClN2O4/c1-36-27-13-7-8-14-28(27)37-21-29(34)33(20-23-15-17-24(31)18-16-23)26(19-22-9-3-2-4-10-22)30(35)32-25-11-5-6-12-25/h2-4,7-10,13-18,25-26H,5-6,11-12,19-21H2,1H3,(H,32,35)/t26-/m1/s1. The second-order valence-corrected chi connectivity index (χ2v) is 9.72. The summed E-state index contributed by atoms with van der Waals surface area (Å²) in [6.07, 6.45) is 4.54. The second kappa shape index (κ2) is 13.2. The van der Waals surface area contributed by atoms with Gasteiger partial charge in [0.15, 0.2) is 18.1 Å². The third kappa shape index (κ3) is 7.49. The number of amides is 2. The number of carbonyl (C=O) groups excluding carboxylic acids is 2. The number of rotatable bonds is 11. The van der Waals surface area contributed by atoms with E-state index in [0.717, 1.165) is 36.8 Å². The molecule has 0 aliphatic heterocycles. The van der Waals surface area contributed by atoms with Crippen LogP contribution in [0.15, 0.2) is 78.9 Å². The van der Waals surface area contributed by atoms with Gasteiger partial charge < -0.3 is 19.7 Å². The maximum Gasteiger partial charge on any atom is 0.261 e. The van der Waals surface area contributed by atoms with E-state index in [9.17, 15) is 9.59 Å². The van der Waals surface area contributed by atoms with E-state index >= 15 is 0 Å². The van der Waals surface area contributed by atoms with Crippen molar-refractivity contribution in [2.75, 3.05) is 13.7 Å². The molecule has 4 rings (SSSR count). The van der Waals surface area contributed by atoms with E-state index in [1.54, 1.807) is 36.3 Å². The van der Waals surface area contributed by atoms with Gasteiger partial charge in [-0.3, -0.25) is 9.59 Å². The van der Waals surface area contributed by atoms with E-state index in [1.165, 1.54) is 0 Å². The molecule has 3 aromatic rings. The van der Waals surface area contributed by atoms with E-state index in [0.29, 0.717) is 22.9 Å². The Morgan fingerprint density at radius 2 is 1.57 bits per heavy atom. The molecule has 1 aliphatic rings. The lowest BCUT2D eigenvalue weighted by atomic mass is 10.0. The molecule has 0 aromatic heterocycles. The normalized spacial score (nSPS) is 14.1. The summed E-state index contributed by atoms with van der Waals surface area (Å²) in [5.74, 6) is 0.581. The molecule has 2 amide bonds. The predicted octanol–water partition coefficient (Wildman–Crippen LogP) is 5.43. The number of carbonyl (C=O) groups is 2. The number of methoxy groups -OCH3 is 1. The number of halogens is 1. The minimum absolute atomic E-state index is 0.142. The van der Waals surface area contributed by atoms with E-state index in [4.69, 9.17) is 21.1 Å². The lowest BCUT2D eigenvalue weighted by Gasteiger charge is -2.32. The van der Waals surface area contributed by atoms with Gasteiger partial charge in [-0.1, -0.05) is 79.0 Å². The number of nitrogens with zero attached hydrogens (tertiary/aromatic N) is 1. The fraction of sp³-hybridized carbons (Fsp3) is 0.333. The summed E-state index contributed by atoms with van der Waals surface area (Å²) in [5, 5.41) is 3.82. The molecule has 0 bridgehead atoms. The summed E-state index contributed by atoms with van der Waals surface area (Å²) in [6.45, 7) is 0.0246. The molecule has 0 heterocycles. The monoisotopic (exact) mass is 520 g/mol. The Hall–Kier alpha value is -3.51. The van der Waals surface area contributed by atoms with Crippen molar-refractivity contribution in [3.8, 4) is 11.5 Å². The molecule has 0 unspecified atom stereocenters. The highest BCUT2D eigenvalue weighted by Gasteiger charge is 2.32. The summed E-state index contributed by atoms with van der Waals surface area (Å²) < 4.78 is 11.2. The second-order valence-electron chi connectivity index (χ2n) is 9.28. The Morgan fingerprint density at radius 3 is 2.24 bits per heavy atom. The van der Waals surface area contributed by atoms with Crippen molar-refractivity contribution in [1.29, 1.82) is 0 Å². The summed E-state index contributed by atoms with van der Waals surface area (Å²) >= 11 is 6.10. The summed E-state index contributed by atoms with van der Waals surface area (Å²) in [4.78, 5) is 29.0. The largest absolute Gasteiger partial charge is 0.493 e. The van der Waals surface area contributed by atoms with Crippen LogP contribution < -0.4 is 14.8 Å². The molecule has 1 N–H and O–H groups in total. The molecule has 194 valence electrons. The van der Waals surface area contributed by atoms with Gasteiger partial charge >= 0.3 is 0 Å². The molecule has 6 nitrogen and oxygen atoms in total. The zero-order valence-corrected chi connectivity index (χ0v) is 21.8. The topological polar surface area (TPSA) is 67.9 Å². The predicted molar refractivity (Wildman–Crippen MR) is 145 cm³/mol. The number of hydrogen-bond acceptors (Lipinski definition) is 4. The quantitative estimate of drug-likeness (QED) is 0.366.